The molecular formula is C14H12BrClFNO2S. The van der Waals surface area contributed by atoms with Crippen LogP contribution in [0.1, 0.15) is 18.5 Å². The summed E-state index contributed by atoms with van der Waals surface area (Å²) in [6.07, 6.45) is 0. The second-order valence-corrected chi connectivity index (χ2v) is 7.48. The summed E-state index contributed by atoms with van der Waals surface area (Å²) in [6, 6.07) is 9.70. The molecule has 0 aliphatic heterocycles. The molecule has 0 aromatic heterocycles. The van der Waals surface area contributed by atoms with E-state index in [0.717, 1.165) is 0 Å². The van der Waals surface area contributed by atoms with Crippen molar-refractivity contribution in [2.45, 2.75) is 17.9 Å². The van der Waals surface area contributed by atoms with Gasteiger partial charge in [0.05, 0.1) is 5.02 Å². The van der Waals surface area contributed by atoms with Crippen LogP contribution in [0, 0.1) is 5.82 Å². The number of nitrogens with one attached hydrogen (secondary N) is 1. The molecule has 0 saturated carbocycles. The van der Waals surface area contributed by atoms with Gasteiger partial charge in [-0.1, -0.05) is 39.7 Å². The first-order valence-corrected chi connectivity index (χ1v) is 8.68. The Morgan fingerprint density at radius 3 is 2.57 bits per heavy atom. The number of benzene rings is 2. The predicted octanol–water partition coefficient (Wildman–Crippen LogP) is 4.28. The molecule has 3 nitrogen and oxygen atoms in total. The quantitative estimate of drug-likeness (QED) is 0.844. The van der Waals surface area contributed by atoms with Crippen molar-refractivity contribution in [3.8, 4) is 0 Å². The largest absolute Gasteiger partial charge is 0.242 e. The molecule has 2 aromatic carbocycles. The van der Waals surface area contributed by atoms with Gasteiger partial charge in [-0.25, -0.2) is 17.5 Å². The molecule has 1 N–H and O–H groups in total. The summed E-state index contributed by atoms with van der Waals surface area (Å²) in [5, 5.41) is 0.114. The maximum absolute atomic E-state index is 13.2. The van der Waals surface area contributed by atoms with Gasteiger partial charge in [-0.3, -0.25) is 0 Å². The zero-order valence-electron chi connectivity index (χ0n) is 11.0. The fourth-order valence-electron chi connectivity index (χ4n) is 1.83. The van der Waals surface area contributed by atoms with Gasteiger partial charge in [-0.2, -0.15) is 0 Å². The molecule has 2 aromatic rings. The Morgan fingerprint density at radius 2 is 1.95 bits per heavy atom. The zero-order chi connectivity index (χ0) is 15.6. The number of hydrogen-bond donors (Lipinski definition) is 1. The van der Waals surface area contributed by atoms with Crippen molar-refractivity contribution >= 4 is 37.6 Å². The van der Waals surface area contributed by atoms with E-state index in [1.165, 1.54) is 30.3 Å². The average Bonchev–Trinajstić information content (AvgIpc) is 2.37. The van der Waals surface area contributed by atoms with Gasteiger partial charge < -0.3 is 0 Å². The number of halogens is 3. The van der Waals surface area contributed by atoms with Crippen LogP contribution < -0.4 is 4.72 Å². The van der Waals surface area contributed by atoms with Crippen LogP contribution in [-0.2, 0) is 10.0 Å². The molecule has 21 heavy (non-hydrogen) atoms. The van der Waals surface area contributed by atoms with Gasteiger partial charge in [0.1, 0.15) is 10.7 Å². The molecule has 112 valence electrons. The first-order chi connectivity index (χ1) is 9.79. The molecule has 0 spiro atoms. The Morgan fingerprint density at radius 1 is 1.24 bits per heavy atom. The highest BCUT2D eigenvalue weighted by atomic mass is 79.9. The molecule has 0 aliphatic carbocycles. The van der Waals surface area contributed by atoms with E-state index in [9.17, 15) is 12.8 Å². The zero-order valence-corrected chi connectivity index (χ0v) is 14.1. The third-order valence-electron chi connectivity index (χ3n) is 2.86. The van der Waals surface area contributed by atoms with Crippen LogP contribution in [0.4, 0.5) is 4.39 Å². The van der Waals surface area contributed by atoms with Crippen molar-refractivity contribution in [1.29, 1.82) is 0 Å². The molecule has 0 heterocycles. The van der Waals surface area contributed by atoms with E-state index in [1.54, 1.807) is 19.1 Å². The van der Waals surface area contributed by atoms with E-state index in [0.29, 0.717) is 10.0 Å². The van der Waals surface area contributed by atoms with Crippen LogP contribution in [0.25, 0.3) is 0 Å². The third-order valence-corrected chi connectivity index (χ3v) is 5.38. The predicted molar refractivity (Wildman–Crippen MR) is 84.3 cm³/mol. The lowest BCUT2D eigenvalue weighted by Gasteiger charge is -2.15. The Balaban J connectivity index is 2.29. The molecule has 0 unspecified atom stereocenters. The topological polar surface area (TPSA) is 46.2 Å². The van der Waals surface area contributed by atoms with Gasteiger partial charge in [0.15, 0.2) is 0 Å². The number of sulfonamides is 1. The van der Waals surface area contributed by atoms with Crippen molar-refractivity contribution in [1.82, 2.24) is 4.72 Å². The van der Waals surface area contributed by atoms with Crippen molar-refractivity contribution in [2.75, 3.05) is 0 Å². The minimum atomic E-state index is -3.79. The average molecular weight is 393 g/mol. The Labute approximate surface area is 136 Å². The van der Waals surface area contributed by atoms with Crippen LogP contribution >= 0.6 is 27.5 Å². The lowest BCUT2D eigenvalue weighted by atomic mass is 10.1. The summed E-state index contributed by atoms with van der Waals surface area (Å²) in [5.74, 6) is -0.416. The lowest BCUT2D eigenvalue weighted by Crippen LogP contribution is -2.27. The smallest absolute Gasteiger partial charge is 0.207 e. The molecular weight excluding hydrogens is 381 g/mol. The second-order valence-electron chi connectivity index (χ2n) is 4.47. The molecule has 7 heteroatoms. The van der Waals surface area contributed by atoms with E-state index in [1.807, 2.05) is 0 Å². The van der Waals surface area contributed by atoms with E-state index >= 15 is 0 Å². The molecule has 0 fully saturated rings. The van der Waals surface area contributed by atoms with Crippen molar-refractivity contribution in [3.63, 3.8) is 0 Å². The van der Waals surface area contributed by atoms with Crippen LogP contribution in [-0.4, -0.2) is 8.42 Å². The van der Waals surface area contributed by atoms with Crippen LogP contribution in [0.15, 0.2) is 51.8 Å². The normalized spacial score (nSPS) is 13.1. The molecule has 0 amide bonds. The summed E-state index contributed by atoms with van der Waals surface area (Å²) < 4.78 is 41.0. The monoisotopic (exact) mass is 391 g/mol. The molecule has 0 saturated heterocycles. The van der Waals surface area contributed by atoms with E-state index in [4.69, 9.17) is 11.6 Å². The highest BCUT2D eigenvalue weighted by Crippen LogP contribution is 2.26. The summed E-state index contributed by atoms with van der Waals surface area (Å²) in [4.78, 5) is -0.0179. The summed E-state index contributed by atoms with van der Waals surface area (Å²) >= 11 is 9.18. The molecule has 0 radical (unpaired) electrons. The van der Waals surface area contributed by atoms with E-state index in [-0.39, 0.29) is 9.92 Å². The van der Waals surface area contributed by atoms with Gasteiger partial charge in [0, 0.05) is 10.5 Å². The fourth-order valence-corrected chi connectivity index (χ4v) is 4.10. The summed E-state index contributed by atoms with van der Waals surface area (Å²) in [5.41, 5.74) is 0.534. The maximum Gasteiger partial charge on any atom is 0.242 e. The summed E-state index contributed by atoms with van der Waals surface area (Å²) in [7, 11) is -3.79. The minimum Gasteiger partial charge on any atom is -0.207 e. The molecule has 0 bridgehead atoms. The fraction of sp³-hybridized carbons (Fsp3) is 0.143. The Hall–Kier alpha value is -0.950. The third kappa shape index (κ3) is 4.03. The minimum absolute atomic E-state index is 0.0179. The lowest BCUT2D eigenvalue weighted by molar-refractivity contribution is 0.564. The number of rotatable bonds is 4. The van der Waals surface area contributed by atoms with Gasteiger partial charge in [-0.15, -0.1) is 0 Å². The van der Waals surface area contributed by atoms with Gasteiger partial charge in [-0.05, 0) is 42.8 Å². The second kappa shape index (κ2) is 6.44. The van der Waals surface area contributed by atoms with Crippen LogP contribution in [0.3, 0.4) is 0 Å². The summed E-state index contributed by atoms with van der Waals surface area (Å²) in [6.45, 7) is 1.64. The SMILES string of the molecule is C[C@@H](NS(=O)(=O)c1ccc(Br)cc1Cl)c1cccc(F)c1. The van der Waals surface area contributed by atoms with Gasteiger partial charge in [0.25, 0.3) is 0 Å². The van der Waals surface area contributed by atoms with Crippen LogP contribution in [0.2, 0.25) is 5.02 Å². The first-order valence-electron chi connectivity index (χ1n) is 6.02. The van der Waals surface area contributed by atoms with Crippen molar-refractivity contribution in [2.24, 2.45) is 0 Å². The molecule has 0 aliphatic rings. The number of hydrogen-bond acceptors (Lipinski definition) is 2. The maximum atomic E-state index is 13.2. The highest BCUT2D eigenvalue weighted by Gasteiger charge is 2.21. The van der Waals surface area contributed by atoms with Crippen LogP contribution in [0.5, 0.6) is 0 Å². The van der Waals surface area contributed by atoms with Crippen molar-refractivity contribution in [3.05, 3.63) is 63.3 Å². The van der Waals surface area contributed by atoms with E-state index < -0.39 is 21.9 Å². The highest BCUT2D eigenvalue weighted by molar-refractivity contribution is 9.10. The van der Waals surface area contributed by atoms with Gasteiger partial charge >= 0.3 is 0 Å². The Bertz CT molecular complexity index is 767. The van der Waals surface area contributed by atoms with Gasteiger partial charge in [0.2, 0.25) is 10.0 Å². The van der Waals surface area contributed by atoms with Crippen molar-refractivity contribution < 1.29 is 12.8 Å². The molecule has 2 rings (SSSR count). The standard InChI is InChI=1S/C14H12BrClFNO2S/c1-9(10-3-2-4-12(17)7-10)18-21(19,20)14-6-5-11(15)8-13(14)16/h2-9,18H,1H3/t9-/m1/s1. The Kier molecular flexibility index (Phi) is 5.03. The molecule has 1 atom stereocenters. The first kappa shape index (κ1) is 16.4. The van der Waals surface area contributed by atoms with E-state index in [2.05, 4.69) is 20.7 Å².